The van der Waals surface area contributed by atoms with E-state index in [0.717, 1.165) is 0 Å². The molecule has 1 atom stereocenters. The molecule has 2 aromatic heterocycles. The summed E-state index contributed by atoms with van der Waals surface area (Å²) >= 11 is 1.27. The van der Waals surface area contributed by atoms with Gasteiger partial charge in [-0.25, -0.2) is 0 Å². The number of carbonyl (C=O) groups excluding carboxylic acids is 3. The molecular formula is C15H16N2O5S. The van der Waals surface area contributed by atoms with Gasteiger partial charge in [0.1, 0.15) is 12.3 Å². The number of carbonyl (C=O) groups is 3. The third kappa shape index (κ3) is 5.26. The number of rotatable bonds is 7. The van der Waals surface area contributed by atoms with Crippen molar-refractivity contribution in [2.45, 2.75) is 19.6 Å². The first-order valence-corrected chi connectivity index (χ1v) is 7.75. The first kappa shape index (κ1) is 16.8. The second kappa shape index (κ2) is 8.14. The Kier molecular flexibility index (Phi) is 5.93. The predicted molar refractivity (Wildman–Crippen MR) is 82.8 cm³/mol. The number of esters is 1. The number of furan rings is 1. The van der Waals surface area contributed by atoms with Gasteiger partial charge in [0.05, 0.1) is 17.7 Å². The lowest BCUT2D eigenvalue weighted by Crippen LogP contribution is -2.38. The van der Waals surface area contributed by atoms with Crippen molar-refractivity contribution in [1.29, 1.82) is 0 Å². The molecule has 23 heavy (non-hydrogen) atoms. The van der Waals surface area contributed by atoms with Crippen LogP contribution in [0.25, 0.3) is 0 Å². The van der Waals surface area contributed by atoms with E-state index in [9.17, 15) is 14.4 Å². The first-order chi connectivity index (χ1) is 11.1. The lowest BCUT2D eigenvalue weighted by molar-refractivity contribution is -0.153. The van der Waals surface area contributed by atoms with Gasteiger partial charge in [-0.15, -0.1) is 11.3 Å². The van der Waals surface area contributed by atoms with Crippen LogP contribution in [0.2, 0.25) is 0 Å². The molecule has 0 aliphatic carbocycles. The molecule has 0 aromatic carbocycles. The maximum atomic E-state index is 11.8. The molecule has 0 saturated heterocycles. The van der Waals surface area contributed by atoms with Crippen molar-refractivity contribution in [3.8, 4) is 0 Å². The molecule has 2 N–H and O–H groups in total. The maximum absolute atomic E-state index is 11.8. The molecule has 0 spiro atoms. The second-order valence-electron chi connectivity index (χ2n) is 4.59. The number of amides is 2. The predicted octanol–water partition coefficient (Wildman–Crippen LogP) is 1.32. The molecule has 122 valence electrons. The van der Waals surface area contributed by atoms with E-state index in [1.807, 2.05) is 0 Å². The summed E-state index contributed by atoms with van der Waals surface area (Å²) in [7, 11) is 0. The zero-order valence-electron chi connectivity index (χ0n) is 12.4. The Hall–Kier alpha value is -2.61. The van der Waals surface area contributed by atoms with Crippen LogP contribution in [0.15, 0.2) is 40.3 Å². The summed E-state index contributed by atoms with van der Waals surface area (Å²) in [5.41, 5.74) is 0. The van der Waals surface area contributed by atoms with Crippen LogP contribution in [0.1, 0.15) is 22.4 Å². The number of nitrogens with one attached hydrogen (secondary N) is 2. The van der Waals surface area contributed by atoms with Crippen molar-refractivity contribution in [2.24, 2.45) is 0 Å². The third-order valence-corrected chi connectivity index (χ3v) is 3.70. The average Bonchev–Trinajstić information content (AvgIpc) is 3.22. The van der Waals surface area contributed by atoms with Gasteiger partial charge in [-0.2, -0.15) is 0 Å². The van der Waals surface area contributed by atoms with E-state index in [-0.39, 0.29) is 19.0 Å². The highest BCUT2D eigenvalue weighted by Crippen LogP contribution is 2.07. The Morgan fingerprint density at radius 3 is 2.74 bits per heavy atom. The molecule has 0 bridgehead atoms. The first-order valence-electron chi connectivity index (χ1n) is 6.87. The topological polar surface area (TPSA) is 97.6 Å². The van der Waals surface area contributed by atoms with Crippen LogP contribution in [-0.2, 0) is 20.9 Å². The number of thiophene rings is 1. The fraction of sp³-hybridized carbons (Fsp3) is 0.267. The SMILES string of the molecule is C[C@@H](OC(=O)CNC(=O)c1cccs1)C(=O)NCc1ccco1. The summed E-state index contributed by atoms with van der Waals surface area (Å²) in [4.78, 5) is 35.6. The van der Waals surface area contributed by atoms with E-state index in [4.69, 9.17) is 9.15 Å². The van der Waals surface area contributed by atoms with E-state index in [0.29, 0.717) is 10.6 Å². The number of ether oxygens (including phenoxy) is 1. The molecule has 2 rings (SSSR count). The van der Waals surface area contributed by atoms with Gasteiger partial charge >= 0.3 is 5.97 Å². The normalized spacial score (nSPS) is 11.5. The van der Waals surface area contributed by atoms with Gasteiger partial charge in [0.2, 0.25) is 0 Å². The number of hydrogen-bond acceptors (Lipinski definition) is 6. The fourth-order valence-electron chi connectivity index (χ4n) is 1.67. The van der Waals surface area contributed by atoms with Gasteiger partial charge in [0.25, 0.3) is 11.8 Å². The Bertz CT molecular complexity index is 651. The molecule has 7 nitrogen and oxygen atoms in total. The molecule has 0 aliphatic rings. The second-order valence-corrected chi connectivity index (χ2v) is 5.54. The standard InChI is InChI=1S/C15H16N2O5S/c1-10(14(19)16-8-11-4-2-6-21-11)22-13(18)9-17-15(20)12-5-3-7-23-12/h2-7,10H,8-9H2,1H3,(H,16,19)(H,17,20)/t10-/m1/s1. The van der Waals surface area contributed by atoms with Crippen molar-refractivity contribution in [2.75, 3.05) is 6.54 Å². The number of hydrogen-bond donors (Lipinski definition) is 2. The van der Waals surface area contributed by atoms with E-state index in [1.54, 1.807) is 29.6 Å². The van der Waals surface area contributed by atoms with Crippen LogP contribution in [0.4, 0.5) is 0 Å². The van der Waals surface area contributed by atoms with Crippen molar-refractivity contribution < 1.29 is 23.5 Å². The maximum Gasteiger partial charge on any atom is 0.326 e. The monoisotopic (exact) mass is 336 g/mol. The quantitative estimate of drug-likeness (QED) is 0.743. The minimum absolute atomic E-state index is 0.211. The molecule has 8 heteroatoms. The van der Waals surface area contributed by atoms with Crippen molar-refractivity contribution in [1.82, 2.24) is 10.6 Å². The molecule has 0 saturated carbocycles. The highest BCUT2D eigenvalue weighted by atomic mass is 32.1. The highest BCUT2D eigenvalue weighted by molar-refractivity contribution is 7.12. The minimum atomic E-state index is -0.962. The molecule has 0 aliphatic heterocycles. The van der Waals surface area contributed by atoms with Crippen LogP contribution in [-0.4, -0.2) is 30.4 Å². The zero-order valence-corrected chi connectivity index (χ0v) is 13.2. The molecule has 0 fully saturated rings. The van der Waals surface area contributed by atoms with Crippen LogP contribution >= 0.6 is 11.3 Å². The van der Waals surface area contributed by atoms with Crippen molar-refractivity contribution in [3.63, 3.8) is 0 Å². The van der Waals surface area contributed by atoms with Gasteiger partial charge < -0.3 is 19.8 Å². The van der Waals surface area contributed by atoms with Crippen LogP contribution in [0.5, 0.6) is 0 Å². The largest absolute Gasteiger partial charge is 0.467 e. The summed E-state index contributed by atoms with van der Waals surface area (Å²) in [6, 6.07) is 6.82. The van der Waals surface area contributed by atoms with Crippen LogP contribution in [0.3, 0.4) is 0 Å². The van der Waals surface area contributed by atoms with Gasteiger partial charge in [-0.05, 0) is 30.5 Å². The fourth-order valence-corrected chi connectivity index (χ4v) is 2.31. The molecular weight excluding hydrogens is 320 g/mol. The van der Waals surface area contributed by atoms with Gasteiger partial charge in [-0.3, -0.25) is 14.4 Å². The Morgan fingerprint density at radius 1 is 1.26 bits per heavy atom. The molecule has 2 amide bonds. The zero-order chi connectivity index (χ0) is 16.7. The molecule has 2 heterocycles. The van der Waals surface area contributed by atoms with E-state index >= 15 is 0 Å². The highest BCUT2D eigenvalue weighted by Gasteiger charge is 2.18. The summed E-state index contributed by atoms with van der Waals surface area (Å²) in [6.45, 7) is 1.37. The van der Waals surface area contributed by atoms with Crippen LogP contribution < -0.4 is 10.6 Å². The van der Waals surface area contributed by atoms with Crippen molar-refractivity contribution in [3.05, 3.63) is 46.5 Å². The third-order valence-electron chi connectivity index (χ3n) is 2.83. The summed E-state index contributed by atoms with van der Waals surface area (Å²) < 4.78 is 10.0. The van der Waals surface area contributed by atoms with E-state index < -0.39 is 18.0 Å². The Balaban J connectivity index is 1.69. The van der Waals surface area contributed by atoms with Crippen molar-refractivity contribution >= 4 is 29.1 Å². The summed E-state index contributed by atoms with van der Waals surface area (Å²) in [6.07, 6.45) is 0.539. The van der Waals surface area contributed by atoms with Gasteiger partial charge in [0.15, 0.2) is 6.10 Å². The lowest BCUT2D eigenvalue weighted by atomic mass is 10.3. The van der Waals surface area contributed by atoms with E-state index in [1.165, 1.54) is 24.5 Å². The summed E-state index contributed by atoms with van der Waals surface area (Å²) in [5.74, 6) is -0.887. The van der Waals surface area contributed by atoms with Gasteiger partial charge in [0, 0.05) is 0 Å². The Labute approximate surface area is 136 Å². The smallest absolute Gasteiger partial charge is 0.326 e. The van der Waals surface area contributed by atoms with Gasteiger partial charge in [-0.1, -0.05) is 6.07 Å². The average molecular weight is 336 g/mol. The molecule has 0 radical (unpaired) electrons. The van der Waals surface area contributed by atoms with E-state index in [2.05, 4.69) is 10.6 Å². The molecule has 0 unspecified atom stereocenters. The summed E-state index contributed by atoms with van der Waals surface area (Å²) in [5, 5.41) is 6.78. The lowest BCUT2D eigenvalue weighted by Gasteiger charge is -2.13. The minimum Gasteiger partial charge on any atom is -0.467 e. The Morgan fingerprint density at radius 2 is 2.09 bits per heavy atom. The molecule has 2 aromatic rings. The van der Waals surface area contributed by atoms with Crippen LogP contribution in [0, 0.1) is 0 Å².